The predicted molar refractivity (Wildman–Crippen MR) is 108 cm³/mol. The van der Waals surface area contributed by atoms with Gasteiger partial charge < -0.3 is 9.73 Å². The van der Waals surface area contributed by atoms with Crippen molar-refractivity contribution in [2.24, 2.45) is 0 Å². The second-order valence-corrected chi connectivity index (χ2v) is 7.06. The fourth-order valence-electron chi connectivity index (χ4n) is 3.08. The summed E-state index contributed by atoms with van der Waals surface area (Å²) >= 11 is 0. The molecule has 5 nitrogen and oxygen atoms in total. The van der Waals surface area contributed by atoms with Crippen LogP contribution in [0.3, 0.4) is 0 Å². The zero-order chi connectivity index (χ0) is 19.6. The Morgan fingerprint density at radius 3 is 2.48 bits per heavy atom. The second-order valence-electron chi connectivity index (χ2n) is 7.06. The molecule has 0 bridgehead atoms. The smallest absolute Gasteiger partial charge is 0.336 e. The fraction of sp³-hybridized carbons (Fsp3) is 0.273. The Balaban J connectivity index is 1.75. The number of aryl methyl sites for hydroxylation is 3. The zero-order valence-electron chi connectivity index (χ0n) is 16.1. The van der Waals surface area contributed by atoms with Crippen molar-refractivity contribution in [3.05, 3.63) is 75.1 Å². The first-order chi connectivity index (χ1) is 12.8. The topological polar surface area (TPSA) is 62.6 Å². The number of amides is 1. The van der Waals surface area contributed by atoms with E-state index in [-0.39, 0.29) is 18.1 Å². The minimum atomic E-state index is -0.372. The summed E-state index contributed by atoms with van der Waals surface area (Å²) in [6.07, 6.45) is 0. The lowest BCUT2D eigenvalue weighted by Crippen LogP contribution is -2.30. The van der Waals surface area contributed by atoms with Crippen LogP contribution in [0.25, 0.3) is 11.0 Å². The van der Waals surface area contributed by atoms with Crippen LogP contribution in [0.5, 0.6) is 0 Å². The molecule has 0 aliphatic rings. The number of likely N-dealkylation sites (N-methyl/N-ethyl adjacent to an activating group) is 1. The molecule has 1 heterocycles. The molecule has 3 aromatic rings. The molecular weight excluding hydrogens is 340 g/mol. The first-order valence-corrected chi connectivity index (χ1v) is 8.91. The molecular formula is C22H24N2O3. The summed E-state index contributed by atoms with van der Waals surface area (Å²) in [5.74, 6) is -0.0966. The maximum Gasteiger partial charge on any atom is 0.336 e. The van der Waals surface area contributed by atoms with Gasteiger partial charge in [0.05, 0.1) is 6.54 Å². The van der Waals surface area contributed by atoms with Gasteiger partial charge in [0.25, 0.3) is 0 Å². The number of nitrogens with one attached hydrogen (secondary N) is 1. The lowest BCUT2D eigenvalue weighted by Gasteiger charge is -2.18. The molecule has 1 N–H and O–H groups in total. The van der Waals surface area contributed by atoms with Crippen LogP contribution in [-0.2, 0) is 11.3 Å². The Bertz CT molecular complexity index is 1040. The Labute approximate surface area is 158 Å². The summed E-state index contributed by atoms with van der Waals surface area (Å²) in [7, 11) is 1.86. The van der Waals surface area contributed by atoms with Gasteiger partial charge in [-0.15, -0.1) is 0 Å². The standard InChI is InChI=1S/C22H24N2O3/c1-14-5-8-18(9-6-14)23-20(25)13-24(4)12-17-11-21(26)27-22-16(3)15(2)7-10-19(17)22/h5-11H,12-13H2,1-4H3,(H,23,25). The number of anilines is 1. The van der Waals surface area contributed by atoms with Crippen molar-refractivity contribution in [3.63, 3.8) is 0 Å². The molecule has 0 radical (unpaired) electrons. The van der Waals surface area contributed by atoms with Crippen molar-refractivity contribution in [2.75, 3.05) is 18.9 Å². The quantitative estimate of drug-likeness (QED) is 0.700. The van der Waals surface area contributed by atoms with Crippen LogP contribution in [0, 0.1) is 20.8 Å². The van der Waals surface area contributed by atoms with E-state index in [0.29, 0.717) is 12.1 Å². The van der Waals surface area contributed by atoms with Crippen molar-refractivity contribution in [3.8, 4) is 0 Å². The summed E-state index contributed by atoms with van der Waals surface area (Å²) in [5, 5.41) is 3.80. The summed E-state index contributed by atoms with van der Waals surface area (Å²) in [6.45, 7) is 6.64. The number of carbonyl (C=O) groups excluding carboxylic acids is 1. The van der Waals surface area contributed by atoms with Crippen molar-refractivity contribution < 1.29 is 9.21 Å². The number of fused-ring (bicyclic) bond motifs is 1. The van der Waals surface area contributed by atoms with Crippen LogP contribution in [0.15, 0.2) is 51.7 Å². The van der Waals surface area contributed by atoms with E-state index < -0.39 is 0 Å². The van der Waals surface area contributed by atoms with Gasteiger partial charge in [0.15, 0.2) is 0 Å². The van der Waals surface area contributed by atoms with E-state index in [0.717, 1.165) is 33.3 Å². The molecule has 27 heavy (non-hydrogen) atoms. The van der Waals surface area contributed by atoms with E-state index >= 15 is 0 Å². The van der Waals surface area contributed by atoms with Crippen LogP contribution in [0.4, 0.5) is 5.69 Å². The number of carbonyl (C=O) groups is 1. The molecule has 3 rings (SSSR count). The average molecular weight is 364 g/mol. The van der Waals surface area contributed by atoms with E-state index in [1.807, 2.05) is 69.1 Å². The Hall–Kier alpha value is -2.92. The van der Waals surface area contributed by atoms with E-state index in [2.05, 4.69) is 5.32 Å². The third-order valence-corrected chi connectivity index (χ3v) is 4.71. The summed E-state index contributed by atoms with van der Waals surface area (Å²) in [4.78, 5) is 26.2. The molecule has 0 saturated heterocycles. The van der Waals surface area contributed by atoms with Crippen LogP contribution >= 0.6 is 0 Å². The minimum absolute atomic E-state index is 0.0966. The molecule has 2 aromatic carbocycles. The van der Waals surface area contributed by atoms with Crippen molar-refractivity contribution in [2.45, 2.75) is 27.3 Å². The molecule has 5 heteroatoms. The maximum absolute atomic E-state index is 12.3. The molecule has 0 fully saturated rings. The fourth-order valence-corrected chi connectivity index (χ4v) is 3.08. The Morgan fingerprint density at radius 2 is 1.78 bits per heavy atom. The molecule has 1 amide bonds. The summed E-state index contributed by atoms with van der Waals surface area (Å²) in [6, 6.07) is 13.2. The largest absolute Gasteiger partial charge is 0.422 e. The minimum Gasteiger partial charge on any atom is -0.422 e. The lowest BCUT2D eigenvalue weighted by atomic mass is 10.0. The molecule has 0 atom stereocenters. The van der Waals surface area contributed by atoms with Gasteiger partial charge in [-0.25, -0.2) is 4.79 Å². The van der Waals surface area contributed by atoms with E-state index in [9.17, 15) is 9.59 Å². The van der Waals surface area contributed by atoms with Crippen LogP contribution in [0.1, 0.15) is 22.3 Å². The second kappa shape index (κ2) is 7.76. The lowest BCUT2D eigenvalue weighted by molar-refractivity contribution is -0.117. The van der Waals surface area contributed by atoms with Gasteiger partial charge in [0.2, 0.25) is 5.91 Å². The Kier molecular flexibility index (Phi) is 5.42. The normalized spacial score (nSPS) is 11.1. The number of rotatable bonds is 5. The number of benzene rings is 2. The number of hydrogen-bond acceptors (Lipinski definition) is 4. The van der Waals surface area contributed by atoms with Crippen molar-refractivity contribution >= 4 is 22.6 Å². The van der Waals surface area contributed by atoms with Gasteiger partial charge in [-0.05, 0) is 56.6 Å². The maximum atomic E-state index is 12.3. The molecule has 0 spiro atoms. The van der Waals surface area contributed by atoms with Crippen molar-refractivity contribution in [1.29, 1.82) is 0 Å². The van der Waals surface area contributed by atoms with Crippen molar-refractivity contribution in [1.82, 2.24) is 4.90 Å². The number of hydrogen-bond donors (Lipinski definition) is 1. The molecule has 0 saturated carbocycles. The van der Waals surface area contributed by atoms with Crippen LogP contribution in [-0.4, -0.2) is 24.4 Å². The van der Waals surface area contributed by atoms with Gasteiger partial charge in [0, 0.05) is 23.7 Å². The highest BCUT2D eigenvalue weighted by Gasteiger charge is 2.13. The monoisotopic (exact) mass is 364 g/mol. The van der Waals surface area contributed by atoms with Crippen LogP contribution in [0.2, 0.25) is 0 Å². The van der Waals surface area contributed by atoms with Gasteiger partial charge >= 0.3 is 5.63 Å². The van der Waals surface area contributed by atoms with Gasteiger partial charge in [-0.2, -0.15) is 0 Å². The number of nitrogens with zero attached hydrogens (tertiary/aromatic N) is 1. The first kappa shape index (κ1) is 18.9. The predicted octanol–water partition coefficient (Wildman–Crippen LogP) is 3.79. The Morgan fingerprint density at radius 1 is 1.07 bits per heavy atom. The average Bonchev–Trinajstić information content (AvgIpc) is 2.60. The highest BCUT2D eigenvalue weighted by Crippen LogP contribution is 2.24. The molecule has 1 aromatic heterocycles. The third-order valence-electron chi connectivity index (χ3n) is 4.71. The molecule has 0 aliphatic carbocycles. The van der Waals surface area contributed by atoms with E-state index in [1.54, 1.807) is 0 Å². The summed E-state index contributed by atoms with van der Waals surface area (Å²) < 4.78 is 5.41. The van der Waals surface area contributed by atoms with E-state index in [4.69, 9.17) is 4.42 Å². The van der Waals surface area contributed by atoms with Gasteiger partial charge in [-0.1, -0.05) is 29.8 Å². The highest BCUT2D eigenvalue weighted by molar-refractivity contribution is 5.92. The SMILES string of the molecule is Cc1ccc(NC(=O)CN(C)Cc2cc(=O)oc3c(C)c(C)ccc23)cc1. The van der Waals surface area contributed by atoms with E-state index in [1.165, 1.54) is 6.07 Å². The van der Waals surface area contributed by atoms with Gasteiger partial charge in [0.1, 0.15) is 5.58 Å². The molecule has 0 unspecified atom stereocenters. The molecule has 140 valence electrons. The summed E-state index contributed by atoms with van der Waals surface area (Å²) in [5.41, 5.74) is 5.06. The first-order valence-electron chi connectivity index (χ1n) is 8.91. The third kappa shape index (κ3) is 4.44. The molecule has 0 aliphatic heterocycles. The van der Waals surface area contributed by atoms with Crippen LogP contribution < -0.4 is 10.9 Å². The van der Waals surface area contributed by atoms with Gasteiger partial charge in [-0.3, -0.25) is 9.69 Å². The zero-order valence-corrected chi connectivity index (χ0v) is 16.1. The highest BCUT2D eigenvalue weighted by atomic mass is 16.4.